The molecule has 162 valence electrons. The molecule has 0 aliphatic carbocycles. The topological polar surface area (TPSA) is 80.7 Å². The van der Waals surface area contributed by atoms with Crippen LogP contribution in [0.5, 0.6) is 11.5 Å². The molecule has 0 saturated heterocycles. The normalized spacial score (nSPS) is 17.8. The molecule has 0 saturated carbocycles. The Morgan fingerprint density at radius 3 is 2.60 bits per heavy atom. The molecule has 0 bridgehead atoms. The molecule has 30 heavy (non-hydrogen) atoms. The molecular formula is C24H32N2O4. The van der Waals surface area contributed by atoms with E-state index in [9.17, 15) is 4.79 Å². The minimum atomic E-state index is -0.973. The van der Waals surface area contributed by atoms with Gasteiger partial charge < -0.3 is 19.9 Å². The minimum Gasteiger partial charge on any atom is -0.487 e. The molecule has 1 aromatic carbocycles. The zero-order valence-corrected chi connectivity index (χ0v) is 18.8. The molecule has 1 atom stereocenters. The molecule has 1 aliphatic heterocycles. The van der Waals surface area contributed by atoms with Gasteiger partial charge in [0, 0.05) is 24.2 Å². The van der Waals surface area contributed by atoms with Gasteiger partial charge in [0.15, 0.2) is 6.61 Å². The van der Waals surface area contributed by atoms with Crippen LogP contribution in [0.1, 0.15) is 53.3 Å². The SMILES string of the molecule is Cc1cc(C)nc(NCCC2(C)CCc3c(C)c(OCC(=O)O)c(C)c(C)c3O2)c1. The fourth-order valence-electron chi connectivity index (χ4n) is 4.19. The van der Waals surface area contributed by atoms with Crippen molar-refractivity contribution in [3.63, 3.8) is 0 Å². The fourth-order valence-corrected chi connectivity index (χ4v) is 4.19. The lowest BCUT2D eigenvalue weighted by molar-refractivity contribution is -0.139. The van der Waals surface area contributed by atoms with Gasteiger partial charge in [-0.2, -0.15) is 0 Å². The lowest BCUT2D eigenvalue weighted by Gasteiger charge is -2.38. The molecule has 0 amide bonds. The highest BCUT2D eigenvalue weighted by molar-refractivity contribution is 5.69. The first-order valence-electron chi connectivity index (χ1n) is 10.4. The van der Waals surface area contributed by atoms with Crippen LogP contribution in [-0.4, -0.2) is 34.8 Å². The monoisotopic (exact) mass is 412 g/mol. The summed E-state index contributed by atoms with van der Waals surface area (Å²) in [4.78, 5) is 15.5. The molecule has 6 nitrogen and oxygen atoms in total. The molecule has 1 aromatic heterocycles. The van der Waals surface area contributed by atoms with Crippen molar-refractivity contribution in [2.75, 3.05) is 18.5 Å². The Balaban J connectivity index is 1.74. The predicted molar refractivity (Wildman–Crippen MR) is 118 cm³/mol. The Hall–Kier alpha value is -2.76. The first-order chi connectivity index (χ1) is 14.1. The van der Waals surface area contributed by atoms with E-state index < -0.39 is 5.97 Å². The summed E-state index contributed by atoms with van der Waals surface area (Å²) >= 11 is 0. The summed E-state index contributed by atoms with van der Waals surface area (Å²) in [6, 6.07) is 4.12. The first-order valence-corrected chi connectivity index (χ1v) is 10.4. The number of ether oxygens (including phenoxy) is 2. The van der Waals surface area contributed by atoms with Gasteiger partial charge in [0.05, 0.1) is 0 Å². The zero-order chi connectivity index (χ0) is 22.1. The number of carboxylic acid groups (broad SMARTS) is 1. The number of nitrogens with one attached hydrogen (secondary N) is 1. The number of hydrogen-bond donors (Lipinski definition) is 2. The number of aromatic nitrogens is 1. The second-order valence-electron chi connectivity index (χ2n) is 8.59. The van der Waals surface area contributed by atoms with Gasteiger partial charge in [-0.05, 0) is 88.8 Å². The van der Waals surface area contributed by atoms with Crippen molar-refractivity contribution in [1.82, 2.24) is 4.98 Å². The third-order valence-electron chi connectivity index (χ3n) is 5.96. The number of fused-ring (bicyclic) bond motifs is 1. The number of nitrogens with zero attached hydrogens (tertiary/aromatic N) is 1. The van der Waals surface area contributed by atoms with Gasteiger partial charge in [-0.3, -0.25) is 0 Å². The number of aryl methyl sites for hydroxylation is 2. The van der Waals surface area contributed by atoms with Crippen LogP contribution in [0.2, 0.25) is 0 Å². The number of anilines is 1. The van der Waals surface area contributed by atoms with Crippen molar-refractivity contribution in [3.05, 3.63) is 45.6 Å². The maximum Gasteiger partial charge on any atom is 0.341 e. The van der Waals surface area contributed by atoms with Gasteiger partial charge in [0.2, 0.25) is 0 Å². The molecule has 1 aliphatic rings. The van der Waals surface area contributed by atoms with E-state index in [-0.39, 0.29) is 12.2 Å². The summed E-state index contributed by atoms with van der Waals surface area (Å²) in [6.45, 7) is 12.6. The Bertz CT molecular complexity index is 950. The Kier molecular flexibility index (Phi) is 6.25. The molecule has 3 rings (SSSR count). The number of carboxylic acids is 1. The largest absolute Gasteiger partial charge is 0.487 e. The summed E-state index contributed by atoms with van der Waals surface area (Å²) in [5, 5.41) is 12.4. The quantitative estimate of drug-likeness (QED) is 0.688. The van der Waals surface area contributed by atoms with Gasteiger partial charge in [0.25, 0.3) is 0 Å². The Labute approximate surface area is 178 Å². The van der Waals surface area contributed by atoms with Crippen LogP contribution < -0.4 is 14.8 Å². The highest BCUT2D eigenvalue weighted by Crippen LogP contribution is 2.44. The van der Waals surface area contributed by atoms with E-state index >= 15 is 0 Å². The van der Waals surface area contributed by atoms with E-state index in [2.05, 4.69) is 36.3 Å². The predicted octanol–water partition coefficient (Wildman–Crippen LogP) is 4.67. The first kappa shape index (κ1) is 21.9. The van der Waals surface area contributed by atoms with Crippen molar-refractivity contribution in [3.8, 4) is 11.5 Å². The van der Waals surface area contributed by atoms with Crippen molar-refractivity contribution in [2.45, 2.75) is 66.4 Å². The van der Waals surface area contributed by atoms with Crippen molar-refractivity contribution < 1.29 is 19.4 Å². The standard InChI is InChI=1S/C24H32N2O4/c1-14-11-15(2)26-20(12-14)25-10-9-24(6)8-7-19-18(5)22(29-13-21(27)28)16(3)17(4)23(19)30-24/h11-12H,7-10,13H2,1-6H3,(H,25,26)(H,27,28). The third-order valence-corrected chi connectivity index (χ3v) is 5.96. The molecule has 0 fully saturated rings. The average molecular weight is 413 g/mol. The smallest absolute Gasteiger partial charge is 0.341 e. The van der Waals surface area contributed by atoms with E-state index in [4.69, 9.17) is 14.6 Å². The fraction of sp³-hybridized carbons (Fsp3) is 0.500. The van der Waals surface area contributed by atoms with Crippen LogP contribution in [0, 0.1) is 34.6 Å². The minimum absolute atomic E-state index is 0.272. The number of aliphatic carboxylic acids is 1. The van der Waals surface area contributed by atoms with Crippen molar-refractivity contribution in [2.24, 2.45) is 0 Å². The summed E-state index contributed by atoms with van der Waals surface area (Å²) < 4.78 is 12.1. The number of hydrogen-bond acceptors (Lipinski definition) is 5. The van der Waals surface area contributed by atoms with Crippen molar-refractivity contribution in [1.29, 1.82) is 0 Å². The maximum atomic E-state index is 10.9. The maximum absolute atomic E-state index is 10.9. The van der Waals surface area contributed by atoms with Gasteiger partial charge in [-0.1, -0.05) is 0 Å². The van der Waals surface area contributed by atoms with E-state index in [1.54, 1.807) is 0 Å². The molecule has 0 spiro atoms. The van der Waals surface area contributed by atoms with Crippen LogP contribution in [-0.2, 0) is 11.2 Å². The van der Waals surface area contributed by atoms with Crippen molar-refractivity contribution >= 4 is 11.8 Å². The van der Waals surface area contributed by atoms with E-state index in [0.717, 1.165) is 65.3 Å². The van der Waals surface area contributed by atoms with Crippen LogP contribution >= 0.6 is 0 Å². The van der Waals surface area contributed by atoms with E-state index in [1.807, 2.05) is 27.7 Å². The van der Waals surface area contributed by atoms with Gasteiger partial charge in [0.1, 0.15) is 22.9 Å². The van der Waals surface area contributed by atoms with E-state index in [1.165, 1.54) is 5.56 Å². The van der Waals surface area contributed by atoms with Gasteiger partial charge in [-0.25, -0.2) is 9.78 Å². The summed E-state index contributed by atoms with van der Waals surface area (Å²) in [5.41, 5.74) is 6.00. The molecule has 1 unspecified atom stereocenters. The van der Waals surface area contributed by atoms with Crippen LogP contribution in [0.15, 0.2) is 12.1 Å². The summed E-state index contributed by atoms with van der Waals surface area (Å²) in [6.07, 6.45) is 2.63. The molecule has 2 heterocycles. The number of pyridine rings is 1. The number of carbonyl (C=O) groups is 1. The number of rotatable bonds is 7. The Morgan fingerprint density at radius 2 is 1.93 bits per heavy atom. The zero-order valence-electron chi connectivity index (χ0n) is 18.8. The van der Waals surface area contributed by atoms with E-state index in [0.29, 0.717) is 5.75 Å². The average Bonchev–Trinajstić information content (AvgIpc) is 2.65. The summed E-state index contributed by atoms with van der Waals surface area (Å²) in [5.74, 6) is 1.52. The lowest BCUT2D eigenvalue weighted by atomic mass is 9.85. The summed E-state index contributed by atoms with van der Waals surface area (Å²) in [7, 11) is 0. The number of benzene rings is 1. The highest BCUT2D eigenvalue weighted by atomic mass is 16.5. The third kappa shape index (κ3) is 4.69. The molecule has 2 N–H and O–H groups in total. The highest BCUT2D eigenvalue weighted by Gasteiger charge is 2.34. The molecule has 6 heteroatoms. The van der Waals surface area contributed by atoms with Gasteiger partial charge in [-0.15, -0.1) is 0 Å². The van der Waals surface area contributed by atoms with Crippen LogP contribution in [0.25, 0.3) is 0 Å². The second-order valence-corrected chi connectivity index (χ2v) is 8.59. The molecule has 0 radical (unpaired) electrons. The molecular weight excluding hydrogens is 380 g/mol. The van der Waals surface area contributed by atoms with Crippen LogP contribution in [0.3, 0.4) is 0 Å². The van der Waals surface area contributed by atoms with Crippen LogP contribution in [0.4, 0.5) is 5.82 Å². The second kappa shape index (κ2) is 8.54. The van der Waals surface area contributed by atoms with Gasteiger partial charge >= 0.3 is 5.97 Å². The lowest BCUT2D eigenvalue weighted by Crippen LogP contribution is -2.39. The molecule has 2 aromatic rings. The Morgan fingerprint density at radius 1 is 1.20 bits per heavy atom.